The van der Waals surface area contributed by atoms with Gasteiger partial charge in [-0.05, 0) is 38.9 Å². The van der Waals surface area contributed by atoms with Gasteiger partial charge < -0.3 is 24.8 Å². The fourth-order valence-corrected chi connectivity index (χ4v) is 3.58. The highest BCUT2D eigenvalue weighted by atomic mass is 16.5. The normalized spacial score (nSPS) is 17.7. The molecule has 0 spiro atoms. The Labute approximate surface area is 167 Å². The lowest BCUT2D eigenvalue weighted by Crippen LogP contribution is -2.47. The second kappa shape index (κ2) is 9.28. The molecule has 2 aliphatic rings. The van der Waals surface area contributed by atoms with E-state index in [-0.39, 0.29) is 18.0 Å². The predicted molar refractivity (Wildman–Crippen MR) is 108 cm³/mol. The summed E-state index contributed by atoms with van der Waals surface area (Å²) in [6.45, 7) is 8.98. The number of hydrogen-bond donors (Lipinski definition) is 1. The molecule has 2 heterocycles. The standard InChI is InChI=1S/C21H32N4O3/c1-16(2)22-21(27)25-12-13-28-19-6-4-17(14-18(19)15-25)5-7-20(26)24-10-8-23(3)9-11-24/h4,6,14,16H,5,7-13,15H2,1-3H3,(H,22,27). The Kier molecular flexibility index (Phi) is 6.78. The second-order valence-corrected chi connectivity index (χ2v) is 8.00. The van der Waals surface area contributed by atoms with Gasteiger partial charge in [-0.3, -0.25) is 4.79 Å². The van der Waals surface area contributed by atoms with Gasteiger partial charge in [-0.1, -0.05) is 12.1 Å². The van der Waals surface area contributed by atoms with Crippen LogP contribution in [0, 0.1) is 0 Å². The Bertz CT molecular complexity index is 699. The van der Waals surface area contributed by atoms with Crippen LogP contribution < -0.4 is 10.1 Å². The molecule has 1 aromatic rings. The van der Waals surface area contributed by atoms with Crippen LogP contribution in [-0.2, 0) is 17.8 Å². The molecule has 2 aliphatic heterocycles. The van der Waals surface area contributed by atoms with Crippen molar-refractivity contribution in [2.24, 2.45) is 0 Å². The van der Waals surface area contributed by atoms with Crippen molar-refractivity contribution in [2.45, 2.75) is 39.3 Å². The van der Waals surface area contributed by atoms with Gasteiger partial charge in [0, 0.05) is 44.2 Å². The summed E-state index contributed by atoms with van der Waals surface area (Å²) in [6.07, 6.45) is 1.22. The lowest BCUT2D eigenvalue weighted by molar-refractivity contribution is -0.132. The van der Waals surface area contributed by atoms with Crippen molar-refractivity contribution < 1.29 is 14.3 Å². The number of amides is 3. The number of nitrogens with one attached hydrogen (secondary N) is 1. The molecular weight excluding hydrogens is 356 g/mol. The van der Waals surface area contributed by atoms with Crippen LogP contribution in [0.4, 0.5) is 4.79 Å². The minimum Gasteiger partial charge on any atom is -0.491 e. The van der Waals surface area contributed by atoms with Crippen molar-refractivity contribution in [3.63, 3.8) is 0 Å². The zero-order valence-electron chi connectivity index (χ0n) is 17.2. The SMILES string of the molecule is CC(C)NC(=O)N1CCOc2ccc(CCC(=O)N3CCN(C)CC3)cc2C1. The minimum atomic E-state index is -0.0675. The van der Waals surface area contributed by atoms with E-state index in [9.17, 15) is 9.59 Å². The maximum atomic E-state index is 12.5. The highest BCUT2D eigenvalue weighted by Crippen LogP contribution is 2.25. The molecule has 154 valence electrons. The Morgan fingerprint density at radius 2 is 1.86 bits per heavy atom. The number of carbonyl (C=O) groups is 2. The molecule has 28 heavy (non-hydrogen) atoms. The summed E-state index contributed by atoms with van der Waals surface area (Å²) in [7, 11) is 2.09. The van der Waals surface area contributed by atoms with Crippen LogP contribution in [0.5, 0.6) is 5.75 Å². The number of urea groups is 1. The molecule has 7 nitrogen and oxygen atoms in total. The molecule has 0 atom stereocenters. The zero-order valence-corrected chi connectivity index (χ0v) is 17.2. The van der Waals surface area contributed by atoms with Crippen LogP contribution in [0.3, 0.4) is 0 Å². The molecule has 0 saturated carbocycles. The topological polar surface area (TPSA) is 65.1 Å². The van der Waals surface area contributed by atoms with Crippen molar-refractivity contribution in [1.82, 2.24) is 20.0 Å². The van der Waals surface area contributed by atoms with Gasteiger partial charge in [-0.2, -0.15) is 0 Å². The molecule has 0 bridgehead atoms. The molecule has 1 saturated heterocycles. The van der Waals surface area contributed by atoms with Crippen molar-refractivity contribution in [1.29, 1.82) is 0 Å². The van der Waals surface area contributed by atoms with E-state index in [2.05, 4.69) is 23.3 Å². The van der Waals surface area contributed by atoms with Crippen molar-refractivity contribution in [2.75, 3.05) is 46.4 Å². The zero-order chi connectivity index (χ0) is 20.1. The smallest absolute Gasteiger partial charge is 0.318 e. The maximum absolute atomic E-state index is 12.5. The third-order valence-electron chi connectivity index (χ3n) is 5.29. The molecule has 0 unspecified atom stereocenters. The summed E-state index contributed by atoms with van der Waals surface area (Å²) in [6, 6.07) is 6.10. The number of fused-ring (bicyclic) bond motifs is 1. The summed E-state index contributed by atoms with van der Waals surface area (Å²) >= 11 is 0. The van der Waals surface area contributed by atoms with Crippen molar-refractivity contribution in [3.8, 4) is 5.75 Å². The van der Waals surface area contributed by atoms with Crippen molar-refractivity contribution >= 4 is 11.9 Å². The van der Waals surface area contributed by atoms with E-state index in [1.807, 2.05) is 30.9 Å². The monoisotopic (exact) mass is 388 g/mol. The highest BCUT2D eigenvalue weighted by Gasteiger charge is 2.22. The molecule has 7 heteroatoms. The Hall–Kier alpha value is -2.28. The van der Waals surface area contributed by atoms with E-state index in [1.54, 1.807) is 4.90 Å². The van der Waals surface area contributed by atoms with Gasteiger partial charge in [0.05, 0.1) is 13.1 Å². The Morgan fingerprint density at radius 3 is 2.57 bits per heavy atom. The van der Waals surface area contributed by atoms with Crippen LogP contribution in [0.2, 0.25) is 0 Å². The number of hydrogen-bond acceptors (Lipinski definition) is 4. The van der Waals surface area contributed by atoms with E-state index in [1.165, 1.54) is 0 Å². The van der Waals surface area contributed by atoms with Gasteiger partial charge in [-0.15, -0.1) is 0 Å². The van der Waals surface area contributed by atoms with Gasteiger partial charge in [0.2, 0.25) is 5.91 Å². The van der Waals surface area contributed by atoms with E-state index in [0.717, 1.165) is 43.1 Å². The summed E-state index contributed by atoms with van der Waals surface area (Å²) in [5.41, 5.74) is 2.11. The molecule has 1 aromatic carbocycles. The molecular formula is C21H32N4O3. The number of aryl methyl sites for hydroxylation is 1. The first-order valence-corrected chi connectivity index (χ1v) is 10.2. The number of rotatable bonds is 4. The molecule has 3 amide bonds. The first kappa shape index (κ1) is 20.5. The first-order chi connectivity index (χ1) is 13.4. The average Bonchev–Trinajstić information content (AvgIpc) is 2.88. The van der Waals surface area contributed by atoms with Gasteiger partial charge in [-0.25, -0.2) is 4.79 Å². The Balaban J connectivity index is 1.60. The van der Waals surface area contributed by atoms with Crippen LogP contribution in [-0.4, -0.2) is 79.1 Å². The fraction of sp³-hybridized carbons (Fsp3) is 0.619. The molecule has 0 aromatic heterocycles. The lowest BCUT2D eigenvalue weighted by Gasteiger charge is -2.32. The molecule has 1 N–H and O–H groups in total. The number of ether oxygens (including phenoxy) is 1. The quantitative estimate of drug-likeness (QED) is 0.853. The third-order valence-corrected chi connectivity index (χ3v) is 5.29. The van der Waals surface area contributed by atoms with E-state index >= 15 is 0 Å². The second-order valence-electron chi connectivity index (χ2n) is 8.00. The van der Waals surface area contributed by atoms with Crippen LogP contribution in [0.15, 0.2) is 18.2 Å². The van der Waals surface area contributed by atoms with Crippen LogP contribution >= 0.6 is 0 Å². The first-order valence-electron chi connectivity index (χ1n) is 10.2. The third kappa shape index (κ3) is 5.38. The molecule has 3 rings (SSSR count). The summed E-state index contributed by atoms with van der Waals surface area (Å²) in [4.78, 5) is 30.9. The van der Waals surface area contributed by atoms with Gasteiger partial charge in [0.15, 0.2) is 0 Å². The Morgan fingerprint density at radius 1 is 1.11 bits per heavy atom. The van der Waals surface area contributed by atoms with Gasteiger partial charge >= 0.3 is 6.03 Å². The summed E-state index contributed by atoms with van der Waals surface area (Å²) < 4.78 is 5.82. The molecule has 0 aliphatic carbocycles. The number of benzene rings is 1. The molecule has 1 fully saturated rings. The van der Waals surface area contributed by atoms with E-state index in [0.29, 0.717) is 32.5 Å². The maximum Gasteiger partial charge on any atom is 0.318 e. The number of piperazine rings is 1. The fourth-order valence-electron chi connectivity index (χ4n) is 3.58. The summed E-state index contributed by atoms with van der Waals surface area (Å²) in [5, 5.41) is 2.94. The van der Waals surface area contributed by atoms with E-state index < -0.39 is 0 Å². The molecule has 0 radical (unpaired) electrons. The average molecular weight is 389 g/mol. The number of carbonyl (C=O) groups excluding carboxylic acids is 2. The van der Waals surface area contributed by atoms with Crippen LogP contribution in [0.25, 0.3) is 0 Å². The van der Waals surface area contributed by atoms with Crippen molar-refractivity contribution in [3.05, 3.63) is 29.3 Å². The number of likely N-dealkylation sites (N-methyl/N-ethyl adjacent to an activating group) is 1. The largest absolute Gasteiger partial charge is 0.491 e. The van der Waals surface area contributed by atoms with Gasteiger partial charge in [0.25, 0.3) is 0 Å². The summed E-state index contributed by atoms with van der Waals surface area (Å²) in [5.74, 6) is 1.05. The minimum absolute atomic E-state index is 0.0675. The van der Waals surface area contributed by atoms with Crippen LogP contribution in [0.1, 0.15) is 31.4 Å². The van der Waals surface area contributed by atoms with E-state index in [4.69, 9.17) is 4.74 Å². The lowest BCUT2D eigenvalue weighted by atomic mass is 10.0. The predicted octanol–water partition coefficient (Wildman–Crippen LogP) is 1.71. The van der Waals surface area contributed by atoms with Gasteiger partial charge in [0.1, 0.15) is 12.4 Å². The number of nitrogens with zero attached hydrogens (tertiary/aromatic N) is 3. The highest BCUT2D eigenvalue weighted by molar-refractivity contribution is 5.76.